The number of ether oxygens (including phenoxy) is 1. The largest absolute Gasteiger partial charge is 0.379 e. The topological polar surface area (TPSA) is 75.8 Å². The van der Waals surface area contributed by atoms with Gasteiger partial charge in [-0.1, -0.05) is 5.11 Å². The molecule has 6 heteroatoms. The Morgan fingerprint density at radius 3 is 3.23 bits per heavy atom. The van der Waals surface area contributed by atoms with E-state index in [1.165, 1.54) is 0 Å². The molecule has 0 bridgehead atoms. The summed E-state index contributed by atoms with van der Waals surface area (Å²) in [6.07, 6.45) is 3.55. The second-order valence-electron chi connectivity index (χ2n) is 2.86. The second kappa shape index (κ2) is 3.47. The van der Waals surface area contributed by atoms with E-state index >= 15 is 0 Å². The van der Waals surface area contributed by atoms with Gasteiger partial charge in [-0.25, -0.2) is 0 Å². The van der Waals surface area contributed by atoms with Crippen molar-refractivity contribution in [1.29, 1.82) is 0 Å². The molecule has 0 spiro atoms. The predicted octanol–water partition coefficient (Wildman–Crippen LogP) is 1.13. The maximum absolute atomic E-state index is 8.32. The molecule has 1 saturated heterocycles. The quantitative estimate of drug-likeness (QED) is 0.387. The van der Waals surface area contributed by atoms with Gasteiger partial charge in [-0.05, 0) is 11.6 Å². The fourth-order valence-corrected chi connectivity index (χ4v) is 1.44. The maximum atomic E-state index is 8.32. The van der Waals surface area contributed by atoms with Crippen LogP contribution in [0.25, 0.3) is 10.4 Å². The Morgan fingerprint density at radius 2 is 2.54 bits per heavy atom. The smallest absolute Gasteiger partial charge is 0.0859 e. The number of hydrogen-bond acceptors (Lipinski definition) is 3. The van der Waals surface area contributed by atoms with E-state index in [1.807, 2.05) is 12.3 Å². The molecule has 2 rings (SSSR count). The van der Waals surface area contributed by atoms with Crippen LogP contribution in [0.3, 0.4) is 0 Å². The first-order chi connectivity index (χ1) is 6.42. The van der Waals surface area contributed by atoms with Crippen LogP contribution in [0.1, 0.15) is 6.04 Å². The van der Waals surface area contributed by atoms with Crippen LogP contribution in [-0.4, -0.2) is 29.0 Å². The third-order valence-electron chi connectivity index (χ3n) is 2.09. The van der Waals surface area contributed by atoms with Gasteiger partial charge in [-0.3, -0.25) is 4.68 Å². The van der Waals surface area contributed by atoms with Crippen LogP contribution in [0.4, 0.5) is 0 Å². The van der Waals surface area contributed by atoms with Crippen LogP contribution >= 0.6 is 0 Å². The summed E-state index contributed by atoms with van der Waals surface area (Å²) in [7, 11) is 0. The fourth-order valence-electron chi connectivity index (χ4n) is 1.44. The molecule has 2 atom stereocenters. The zero-order valence-corrected chi connectivity index (χ0v) is 6.95. The Kier molecular flexibility index (Phi) is 2.16. The molecule has 2 heterocycles. The highest BCUT2D eigenvalue weighted by Gasteiger charge is 2.28. The summed E-state index contributed by atoms with van der Waals surface area (Å²) in [5.74, 6) is 0. The summed E-state index contributed by atoms with van der Waals surface area (Å²) in [6.45, 7) is 1.04. The first-order valence-corrected chi connectivity index (χ1v) is 4.03. The zero-order valence-electron chi connectivity index (χ0n) is 6.95. The minimum Gasteiger partial charge on any atom is -0.379 e. The molecule has 0 amide bonds. The maximum Gasteiger partial charge on any atom is 0.0859 e. The average Bonchev–Trinajstić information content (AvgIpc) is 2.71. The highest BCUT2D eigenvalue weighted by Crippen LogP contribution is 2.21. The Labute approximate surface area is 74.7 Å². The van der Waals surface area contributed by atoms with Crippen LogP contribution in [0, 0.1) is 0 Å². The first kappa shape index (κ1) is 8.10. The molecule has 0 N–H and O–H groups in total. The first-order valence-electron chi connectivity index (χ1n) is 4.03. The standard InChI is InChI=1S/C7H9N5O/c8-11-10-6-4-13-5-7(6)12-3-1-2-9-12/h1-3,6-7H,4-5H2/t6-,7+/m1/s1. The van der Waals surface area contributed by atoms with Crippen LogP contribution in [0.2, 0.25) is 0 Å². The monoisotopic (exact) mass is 179 g/mol. The van der Waals surface area contributed by atoms with Crippen molar-refractivity contribution in [3.05, 3.63) is 28.9 Å². The van der Waals surface area contributed by atoms with Gasteiger partial charge in [0.05, 0.1) is 25.3 Å². The number of hydrogen-bond donors (Lipinski definition) is 0. The lowest BCUT2D eigenvalue weighted by Crippen LogP contribution is -2.20. The van der Waals surface area contributed by atoms with Crippen LogP contribution < -0.4 is 0 Å². The van der Waals surface area contributed by atoms with Crippen LogP contribution in [0.15, 0.2) is 23.6 Å². The Hall–Kier alpha value is -1.52. The molecule has 13 heavy (non-hydrogen) atoms. The van der Waals surface area contributed by atoms with Crippen LogP contribution in [0.5, 0.6) is 0 Å². The Bertz CT molecular complexity index is 316. The van der Waals surface area contributed by atoms with E-state index in [2.05, 4.69) is 15.1 Å². The van der Waals surface area contributed by atoms with E-state index < -0.39 is 0 Å². The normalized spacial score (nSPS) is 27.1. The summed E-state index contributed by atoms with van der Waals surface area (Å²) in [5.41, 5.74) is 8.32. The molecule has 0 aromatic carbocycles. The van der Waals surface area contributed by atoms with E-state index in [1.54, 1.807) is 10.9 Å². The van der Waals surface area contributed by atoms with Crippen molar-refractivity contribution in [3.63, 3.8) is 0 Å². The summed E-state index contributed by atoms with van der Waals surface area (Å²) >= 11 is 0. The van der Waals surface area contributed by atoms with Crippen LogP contribution in [-0.2, 0) is 4.74 Å². The van der Waals surface area contributed by atoms with E-state index in [0.29, 0.717) is 13.2 Å². The minimum absolute atomic E-state index is 0.0471. The molecule has 0 unspecified atom stereocenters. The lowest BCUT2D eigenvalue weighted by Gasteiger charge is -2.12. The lowest BCUT2D eigenvalue weighted by molar-refractivity contribution is 0.183. The van der Waals surface area contributed by atoms with E-state index in [0.717, 1.165) is 0 Å². The minimum atomic E-state index is -0.134. The van der Waals surface area contributed by atoms with Gasteiger partial charge >= 0.3 is 0 Å². The molecule has 1 aliphatic heterocycles. The molecule has 0 saturated carbocycles. The van der Waals surface area contributed by atoms with Gasteiger partial charge in [-0.2, -0.15) is 5.10 Å². The van der Waals surface area contributed by atoms with E-state index in [4.69, 9.17) is 10.3 Å². The average molecular weight is 179 g/mol. The molecular formula is C7H9N5O. The molecule has 1 aromatic rings. The van der Waals surface area contributed by atoms with E-state index in [-0.39, 0.29) is 12.1 Å². The van der Waals surface area contributed by atoms with Gasteiger partial charge in [0, 0.05) is 17.3 Å². The molecule has 68 valence electrons. The number of aromatic nitrogens is 2. The lowest BCUT2D eigenvalue weighted by atomic mass is 10.2. The van der Waals surface area contributed by atoms with Crippen molar-refractivity contribution in [2.45, 2.75) is 12.1 Å². The third-order valence-corrected chi connectivity index (χ3v) is 2.09. The molecule has 1 aliphatic rings. The molecule has 0 radical (unpaired) electrons. The van der Waals surface area contributed by atoms with Gasteiger partial charge < -0.3 is 4.74 Å². The van der Waals surface area contributed by atoms with Crippen molar-refractivity contribution >= 4 is 0 Å². The highest BCUT2D eigenvalue weighted by molar-refractivity contribution is 4.90. The summed E-state index contributed by atoms with van der Waals surface area (Å²) < 4.78 is 6.99. The molecule has 1 fully saturated rings. The van der Waals surface area contributed by atoms with Crippen molar-refractivity contribution in [1.82, 2.24) is 9.78 Å². The van der Waals surface area contributed by atoms with Crippen molar-refractivity contribution in [2.24, 2.45) is 5.11 Å². The molecule has 1 aromatic heterocycles. The van der Waals surface area contributed by atoms with Gasteiger partial charge in [0.2, 0.25) is 0 Å². The van der Waals surface area contributed by atoms with Crippen molar-refractivity contribution in [3.8, 4) is 0 Å². The Morgan fingerprint density at radius 1 is 1.62 bits per heavy atom. The summed E-state index contributed by atoms with van der Waals surface area (Å²) in [4.78, 5) is 2.78. The van der Waals surface area contributed by atoms with Crippen molar-refractivity contribution < 1.29 is 4.74 Å². The number of azide groups is 1. The van der Waals surface area contributed by atoms with E-state index in [9.17, 15) is 0 Å². The van der Waals surface area contributed by atoms with Gasteiger partial charge in [0.1, 0.15) is 0 Å². The number of rotatable bonds is 2. The van der Waals surface area contributed by atoms with Gasteiger partial charge in [0.25, 0.3) is 0 Å². The third kappa shape index (κ3) is 1.49. The summed E-state index contributed by atoms with van der Waals surface area (Å²) in [6, 6.07) is 1.75. The number of nitrogens with zero attached hydrogens (tertiary/aromatic N) is 5. The second-order valence-corrected chi connectivity index (χ2v) is 2.86. The van der Waals surface area contributed by atoms with Crippen molar-refractivity contribution in [2.75, 3.05) is 13.2 Å². The fraction of sp³-hybridized carbons (Fsp3) is 0.571. The molecule has 0 aliphatic carbocycles. The zero-order chi connectivity index (χ0) is 9.10. The Balaban J connectivity index is 2.18. The SMILES string of the molecule is [N-]=[N+]=N[C@@H]1COC[C@@H]1n1cccn1. The summed E-state index contributed by atoms with van der Waals surface area (Å²) in [5, 5.41) is 7.74. The molecule has 6 nitrogen and oxygen atoms in total. The molecular weight excluding hydrogens is 170 g/mol. The van der Waals surface area contributed by atoms with Gasteiger partial charge in [-0.15, -0.1) is 0 Å². The predicted molar refractivity (Wildman–Crippen MR) is 45.0 cm³/mol. The van der Waals surface area contributed by atoms with Gasteiger partial charge in [0.15, 0.2) is 0 Å². The highest BCUT2D eigenvalue weighted by atomic mass is 16.5.